The number of ether oxygens (including phenoxy) is 1. The predicted octanol–water partition coefficient (Wildman–Crippen LogP) is 1.46. The summed E-state index contributed by atoms with van der Waals surface area (Å²) in [7, 11) is 5.14. The van der Waals surface area contributed by atoms with E-state index >= 15 is 0 Å². The first-order valence-corrected chi connectivity index (χ1v) is 7.38. The summed E-state index contributed by atoms with van der Waals surface area (Å²) in [4.78, 5) is 17.7. The number of methoxy groups -OCH3 is 1. The van der Waals surface area contributed by atoms with Gasteiger partial charge in [-0.1, -0.05) is 30.3 Å². The van der Waals surface area contributed by atoms with Gasteiger partial charge >= 0.3 is 0 Å². The van der Waals surface area contributed by atoms with Gasteiger partial charge in [-0.05, 0) is 12.0 Å². The molecule has 6 nitrogen and oxygen atoms in total. The quantitative estimate of drug-likeness (QED) is 0.282. The van der Waals surface area contributed by atoms with E-state index in [1.54, 1.807) is 26.1 Å². The highest BCUT2D eigenvalue weighted by molar-refractivity contribution is 14.0. The zero-order valence-corrected chi connectivity index (χ0v) is 16.4. The van der Waals surface area contributed by atoms with Gasteiger partial charge in [0.2, 0.25) is 5.91 Å². The molecule has 2 N–H and O–H groups in total. The van der Waals surface area contributed by atoms with E-state index in [1.807, 2.05) is 30.3 Å². The Hall–Kier alpha value is -1.35. The summed E-state index contributed by atoms with van der Waals surface area (Å²) in [5.41, 5.74) is 1.12. The largest absolute Gasteiger partial charge is 0.385 e. The Bertz CT molecular complexity index is 466. The van der Waals surface area contributed by atoms with Gasteiger partial charge in [-0.3, -0.25) is 4.79 Å². The average Bonchev–Trinajstić information content (AvgIpc) is 2.53. The highest BCUT2D eigenvalue weighted by atomic mass is 127. The van der Waals surface area contributed by atoms with Crippen molar-refractivity contribution in [3.8, 4) is 0 Å². The van der Waals surface area contributed by atoms with E-state index in [9.17, 15) is 4.79 Å². The number of hydrogen-bond acceptors (Lipinski definition) is 3. The van der Waals surface area contributed by atoms with Crippen molar-refractivity contribution in [2.75, 3.05) is 40.9 Å². The number of guanidine groups is 1. The van der Waals surface area contributed by atoms with Gasteiger partial charge in [0.05, 0.1) is 13.1 Å². The molecule has 23 heavy (non-hydrogen) atoms. The van der Waals surface area contributed by atoms with Crippen LogP contribution in [0.3, 0.4) is 0 Å². The number of nitrogens with one attached hydrogen (secondary N) is 2. The number of rotatable bonds is 8. The van der Waals surface area contributed by atoms with Crippen LogP contribution in [0.25, 0.3) is 0 Å². The second kappa shape index (κ2) is 13.1. The number of carbonyl (C=O) groups excluding carboxylic acids is 1. The van der Waals surface area contributed by atoms with Gasteiger partial charge in [0.25, 0.3) is 0 Å². The van der Waals surface area contributed by atoms with Gasteiger partial charge in [-0.25, -0.2) is 4.99 Å². The molecule has 0 spiro atoms. The number of likely N-dealkylation sites (N-methyl/N-ethyl adjacent to an activating group) is 1. The molecule has 0 saturated carbocycles. The number of nitrogens with zero attached hydrogens (tertiary/aromatic N) is 2. The van der Waals surface area contributed by atoms with Gasteiger partial charge in [0.1, 0.15) is 0 Å². The fraction of sp³-hybridized carbons (Fsp3) is 0.500. The number of amides is 1. The van der Waals surface area contributed by atoms with Gasteiger partial charge < -0.3 is 20.3 Å². The monoisotopic (exact) mass is 434 g/mol. The van der Waals surface area contributed by atoms with Crippen molar-refractivity contribution in [3.63, 3.8) is 0 Å². The predicted molar refractivity (Wildman–Crippen MR) is 104 cm³/mol. The van der Waals surface area contributed by atoms with Crippen LogP contribution in [0.4, 0.5) is 0 Å². The zero-order chi connectivity index (χ0) is 16.2. The molecule has 0 bridgehead atoms. The molecule has 130 valence electrons. The third-order valence-corrected chi connectivity index (χ3v) is 2.99. The molecule has 0 atom stereocenters. The summed E-state index contributed by atoms with van der Waals surface area (Å²) >= 11 is 0. The number of benzene rings is 1. The lowest BCUT2D eigenvalue weighted by Crippen LogP contribution is -2.43. The Kier molecular flexibility index (Phi) is 12.4. The lowest BCUT2D eigenvalue weighted by Gasteiger charge is -2.15. The maximum atomic E-state index is 11.7. The minimum atomic E-state index is 0. The Balaban J connectivity index is 0.00000484. The molecule has 0 aliphatic heterocycles. The van der Waals surface area contributed by atoms with Crippen LogP contribution in [0.5, 0.6) is 0 Å². The number of carbonyl (C=O) groups is 1. The molecular weight excluding hydrogens is 407 g/mol. The van der Waals surface area contributed by atoms with E-state index in [-0.39, 0.29) is 36.4 Å². The van der Waals surface area contributed by atoms with Gasteiger partial charge in [-0.15, -0.1) is 24.0 Å². The lowest BCUT2D eigenvalue weighted by molar-refractivity contribution is -0.127. The minimum Gasteiger partial charge on any atom is -0.385 e. The summed E-state index contributed by atoms with van der Waals surface area (Å²) in [6, 6.07) is 10.00. The molecule has 0 radical (unpaired) electrons. The third kappa shape index (κ3) is 10.1. The van der Waals surface area contributed by atoms with E-state index in [1.165, 1.54) is 0 Å². The van der Waals surface area contributed by atoms with E-state index in [4.69, 9.17) is 4.74 Å². The Morgan fingerprint density at radius 1 is 1.22 bits per heavy atom. The fourth-order valence-electron chi connectivity index (χ4n) is 1.67. The van der Waals surface area contributed by atoms with Crippen molar-refractivity contribution in [3.05, 3.63) is 35.9 Å². The minimum absolute atomic E-state index is 0. The first kappa shape index (κ1) is 21.6. The topological polar surface area (TPSA) is 66.0 Å². The van der Waals surface area contributed by atoms with E-state index in [0.29, 0.717) is 19.1 Å². The molecule has 7 heteroatoms. The standard InChI is InChI=1S/C16H26N4O2.HI/c1-20(2)15(21)13-19-16(17-10-7-11-22-3)18-12-14-8-5-4-6-9-14;/h4-6,8-9H,7,10-13H2,1-3H3,(H2,17,18,19);1H. The summed E-state index contributed by atoms with van der Waals surface area (Å²) in [6.07, 6.45) is 0.879. The van der Waals surface area contributed by atoms with Crippen molar-refractivity contribution >= 4 is 35.8 Å². The summed E-state index contributed by atoms with van der Waals surface area (Å²) < 4.78 is 5.02. The molecule has 1 aromatic rings. The normalized spacial score (nSPS) is 10.7. The van der Waals surface area contributed by atoms with Gasteiger partial charge in [0, 0.05) is 34.4 Å². The third-order valence-electron chi connectivity index (χ3n) is 2.99. The SMILES string of the molecule is COCCCNC(=NCc1ccccc1)NCC(=O)N(C)C.I. The van der Waals surface area contributed by atoms with Crippen LogP contribution in [0.1, 0.15) is 12.0 Å². The van der Waals surface area contributed by atoms with Crippen molar-refractivity contribution < 1.29 is 9.53 Å². The van der Waals surface area contributed by atoms with Crippen LogP contribution < -0.4 is 10.6 Å². The molecule has 0 saturated heterocycles. The first-order valence-electron chi connectivity index (χ1n) is 7.38. The number of hydrogen-bond donors (Lipinski definition) is 2. The molecule has 1 aromatic carbocycles. The zero-order valence-electron chi connectivity index (χ0n) is 14.0. The molecule has 1 rings (SSSR count). The summed E-state index contributed by atoms with van der Waals surface area (Å²) in [5.74, 6) is 0.640. The molecule has 0 aliphatic rings. The smallest absolute Gasteiger partial charge is 0.241 e. The molecule has 0 unspecified atom stereocenters. The maximum absolute atomic E-state index is 11.7. The lowest BCUT2D eigenvalue weighted by atomic mass is 10.2. The Morgan fingerprint density at radius 2 is 1.91 bits per heavy atom. The first-order chi connectivity index (χ1) is 10.6. The van der Waals surface area contributed by atoms with Gasteiger partial charge in [-0.2, -0.15) is 0 Å². The van der Waals surface area contributed by atoms with Crippen LogP contribution in [0.15, 0.2) is 35.3 Å². The van der Waals surface area contributed by atoms with E-state index < -0.39 is 0 Å². The Labute approximate surface area is 155 Å². The maximum Gasteiger partial charge on any atom is 0.241 e. The number of halogens is 1. The average molecular weight is 434 g/mol. The van der Waals surface area contributed by atoms with Crippen molar-refractivity contribution in [1.82, 2.24) is 15.5 Å². The van der Waals surface area contributed by atoms with Crippen molar-refractivity contribution in [2.45, 2.75) is 13.0 Å². The number of aliphatic imine (C=N–C) groups is 1. The van der Waals surface area contributed by atoms with Crippen LogP contribution in [-0.2, 0) is 16.1 Å². The summed E-state index contributed by atoms with van der Waals surface area (Å²) in [5, 5.41) is 6.26. The molecular formula is C16H27IN4O2. The molecule has 0 aromatic heterocycles. The highest BCUT2D eigenvalue weighted by Gasteiger charge is 2.05. The van der Waals surface area contributed by atoms with Crippen molar-refractivity contribution in [1.29, 1.82) is 0 Å². The highest BCUT2D eigenvalue weighted by Crippen LogP contribution is 1.99. The van der Waals surface area contributed by atoms with E-state index in [2.05, 4.69) is 15.6 Å². The molecule has 0 heterocycles. The fourth-order valence-corrected chi connectivity index (χ4v) is 1.67. The molecule has 0 fully saturated rings. The van der Waals surface area contributed by atoms with Crippen LogP contribution in [-0.4, -0.2) is 57.7 Å². The summed E-state index contributed by atoms with van der Waals surface area (Å²) in [6.45, 7) is 2.22. The molecule has 0 aliphatic carbocycles. The van der Waals surface area contributed by atoms with Gasteiger partial charge in [0.15, 0.2) is 5.96 Å². The van der Waals surface area contributed by atoms with Crippen LogP contribution in [0, 0.1) is 0 Å². The Morgan fingerprint density at radius 3 is 2.52 bits per heavy atom. The van der Waals surface area contributed by atoms with Crippen LogP contribution in [0.2, 0.25) is 0 Å². The van der Waals surface area contributed by atoms with E-state index in [0.717, 1.165) is 18.5 Å². The van der Waals surface area contributed by atoms with Crippen LogP contribution >= 0.6 is 24.0 Å². The second-order valence-corrected chi connectivity index (χ2v) is 5.07. The second-order valence-electron chi connectivity index (χ2n) is 5.07. The molecule has 1 amide bonds. The van der Waals surface area contributed by atoms with Crippen molar-refractivity contribution in [2.24, 2.45) is 4.99 Å².